The molecule has 9 heteroatoms. The van der Waals surface area contributed by atoms with Crippen molar-refractivity contribution in [2.24, 2.45) is 0 Å². The molecular formula is C22H27N3O6. The number of hydrogen-bond acceptors (Lipinski definition) is 6. The van der Waals surface area contributed by atoms with Crippen molar-refractivity contribution in [2.45, 2.75) is 57.8 Å². The predicted molar refractivity (Wildman–Crippen MR) is 112 cm³/mol. The first-order chi connectivity index (χ1) is 14.6. The minimum Gasteiger partial charge on any atom is -0.371 e. The first-order valence-electron chi connectivity index (χ1n) is 10.3. The number of aromatic nitrogens is 2. The monoisotopic (exact) mass is 429 g/mol. The lowest BCUT2D eigenvalue weighted by Gasteiger charge is -2.37. The van der Waals surface area contributed by atoms with Crippen LogP contribution in [0, 0.1) is 13.8 Å². The number of H-pyrrole nitrogens is 1. The van der Waals surface area contributed by atoms with Crippen molar-refractivity contribution in [3.63, 3.8) is 0 Å². The molecule has 9 nitrogen and oxygen atoms in total. The molecule has 31 heavy (non-hydrogen) atoms. The van der Waals surface area contributed by atoms with Crippen molar-refractivity contribution in [2.75, 3.05) is 13.2 Å². The third-order valence-electron chi connectivity index (χ3n) is 5.83. The van der Waals surface area contributed by atoms with E-state index in [2.05, 4.69) is 10.3 Å². The lowest BCUT2D eigenvalue weighted by molar-refractivity contribution is -0.153. The molecule has 0 saturated carbocycles. The van der Waals surface area contributed by atoms with Gasteiger partial charge in [0.1, 0.15) is 18.3 Å². The number of aromatic amines is 1. The highest BCUT2D eigenvalue weighted by Gasteiger charge is 2.52. The summed E-state index contributed by atoms with van der Waals surface area (Å²) in [5.74, 6) is -1.07. The summed E-state index contributed by atoms with van der Waals surface area (Å²) in [7, 11) is 0. The molecule has 4 atom stereocenters. The van der Waals surface area contributed by atoms with E-state index in [1.807, 2.05) is 26.0 Å². The second kappa shape index (κ2) is 8.07. The smallest absolute Gasteiger partial charge is 0.328 e. The third kappa shape index (κ3) is 4.34. The summed E-state index contributed by atoms with van der Waals surface area (Å²) < 4.78 is 19.5. The maximum atomic E-state index is 12.6. The minimum absolute atomic E-state index is 0.177. The topological polar surface area (TPSA) is 112 Å². The average Bonchev–Trinajstić information content (AvgIpc) is 3.03. The van der Waals surface area contributed by atoms with E-state index in [1.165, 1.54) is 16.8 Å². The first kappa shape index (κ1) is 21.5. The number of rotatable bonds is 4. The molecule has 2 aromatic rings. The molecule has 166 valence electrons. The molecule has 2 aliphatic rings. The van der Waals surface area contributed by atoms with Gasteiger partial charge in [-0.25, -0.2) is 4.79 Å². The van der Waals surface area contributed by atoms with E-state index in [-0.39, 0.29) is 19.1 Å². The van der Waals surface area contributed by atoms with Gasteiger partial charge < -0.3 is 19.5 Å². The van der Waals surface area contributed by atoms with Crippen LogP contribution in [0.25, 0.3) is 0 Å². The highest BCUT2D eigenvalue weighted by atomic mass is 16.8. The predicted octanol–water partition coefficient (Wildman–Crippen LogP) is 1.04. The summed E-state index contributed by atoms with van der Waals surface area (Å²) >= 11 is 0. The Balaban J connectivity index is 1.50. The molecule has 0 unspecified atom stereocenters. The fraction of sp³-hybridized carbons (Fsp3) is 0.500. The summed E-state index contributed by atoms with van der Waals surface area (Å²) in [6.45, 7) is 7.96. The van der Waals surface area contributed by atoms with Crippen LogP contribution in [-0.2, 0) is 14.2 Å². The Kier molecular flexibility index (Phi) is 5.59. The van der Waals surface area contributed by atoms with E-state index in [1.54, 1.807) is 19.9 Å². The van der Waals surface area contributed by atoms with Crippen LogP contribution < -0.4 is 16.6 Å². The Labute approximate surface area is 179 Å². The van der Waals surface area contributed by atoms with Gasteiger partial charge in [-0.15, -0.1) is 0 Å². The standard InChI is InChI=1S/C22H27N3O6/c1-12-5-6-14(9-13(12)2)20(27)23-10-16-19-18(30-22(3,4)31-19)15(11-29-16)25-8-7-17(26)24-21(25)28/h5-9,15-16,18-19H,10-11H2,1-4H3,(H,23,27)(H,24,26,28)/t15-,16-,18+,19-/m1/s1. The lowest BCUT2D eigenvalue weighted by Crippen LogP contribution is -2.54. The van der Waals surface area contributed by atoms with Crippen molar-refractivity contribution in [1.82, 2.24) is 14.9 Å². The zero-order chi connectivity index (χ0) is 22.3. The van der Waals surface area contributed by atoms with Gasteiger partial charge in [0.15, 0.2) is 5.79 Å². The molecule has 0 aliphatic carbocycles. The second-order valence-corrected chi connectivity index (χ2v) is 8.53. The van der Waals surface area contributed by atoms with Crippen LogP contribution in [0.4, 0.5) is 0 Å². The number of carbonyl (C=O) groups is 1. The highest BCUT2D eigenvalue weighted by molar-refractivity contribution is 5.94. The molecular weight excluding hydrogens is 402 g/mol. The van der Waals surface area contributed by atoms with Crippen molar-refractivity contribution >= 4 is 5.91 Å². The number of carbonyl (C=O) groups excluding carboxylic acids is 1. The SMILES string of the molecule is Cc1ccc(C(=O)NC[C@H]2OC[C@@H](n3ccc(=O)[nH]c3=O)[C@@H]3OC(C)(C)O[C@@H]32)cc1C. The molecule has 3 heterocycles. The van der Waals surface area contributed by atoms with Crippen LogP contribution in [0.1, 0.15) is 41.4 Å². The Morgan fingerprint density at radius 1 is 1.16 bits per heavy atom. The Bertz CT molecular complexity index is 1100. The quantitative estimate of drug-likeness (QED) is 0.751. The Hall–Kier alpha value is -2.75. The van der Waals surface area contributed by atoms with Crippen LogP contribution >= 0.6 is 0 Å². The number of fused-ring (bicyclic) bond motifs is 1. The molecule has 2 aliphatic heterocycles. The average molecular weight is 429 g/mol. The molecule has 2 saturated heterocycles. The Morgan fingerprint density at radius 3 is 2.61 bits per heavy atom. The maximum absolute atomic E-state index is 12.6. The van der Waals surface area contributed by atoms with E-state index in [9.17, 15) is 14.4 Å². The van der Waals surface area contributed by atoms with Gasteiger partial charge in [-0.1, -0.05) is 6.07 Å². The summed E-state index contributed by atoms with van der Waals surface area (Å²) in [4.78, 5) is 38.6. The lowest BCUT2D eigenvalue weighted by atomic mass is 9.97. The van der Waals surface area contributed by atoms with Crippen molar-refractivity contribution in [1.29, 1.82) is 0 Å². The van der Waals surface area contributed by atoms with Gasteiger partial charge >= 0.3 is 5.69 Å². The summed E-state index contributed by atoms with van der Waals surface area (Å²) in [6, 6.07) is 6.38. The maximum Gasteiger partial charge on any atom is 0.328 e. The third-order valence-corrected chi connectivity index (χ3v) is 5.83. The molecule has 1 amide bonds. The Morgan fingerprint density at radius 2 is 1.90 bits per heavy atom. The zero-order valence-electron chi connectivity index (χ0n) is 18.0. The van der Waals surface area contributed by atoms with Gasteiger partial charge in [0.2, 0.25) is 0 Å². The fourth-order valence-electron chi connectivity index (χ4n) is 4.09. The first-order valence-corrected chi connectivity index (χ1v) is 10.3. The number of ether oxygens (including phenoxy) is 3. The molecule has 0 spiro atoms. The molecule has 0 radical (unpaired) electrons. The summed E-state index contributed by atoms with van der Waals surface area (Å²) in [5, 5.41) is 2.91. The van der Waals surface area contributed by atoms with Crippen LogP contribution in [0.15, 0.2) is 40.1 Å². The van der Waals surface area contributed by atoms with Crippen LogP contribution in [-0.4, -0.2) is 52.7 Å². The molecule has 0 bridgehead atoms. The van der Waals surface area contributed by atoms with Gasteiger partial charge in [-0.3, -0.25) is 19.1 Å². The van der Waals surface area contributed by atoms with E-state index >= 15 is 0 Å². The fourth-order valence-corrected chi connectivity index (χ4v) is 4.09. The van der Waals surface area contributed by atoms with Gasteiger partial charge in [0.25, 0.3) is 11.5 Å². The number of aryl methyl sites for hydroxylation is 2. The largest absolute Gasteiger partial charge is 0.371 e. The number of benzene rings is 1. The number of hydrogen-bond donors (Lipinski definition) is 2. The van der Waals surface area contributed by atoms with Crippen molar-refractivity contribution in [3.05, 3.63) is 68.0 Å². The van der Waals surface area contributed by atoms with E-state index in [0.29, 0.717) is 5.56 Å². The van der Waals surface area contributed by atoms with Crippen LogP contribution in [0.3, 0.4) is 0 Å². The number of amides is 1. The highest BCUT2D eigenvalue weighted by Crippen LogP contribution is 2.39. The number of nitrogens with one attached hydrogen (secondary N) is 2. The molecule has 2 fully saturated rings. The number of nitrogens with zero attached hydrogens (tertiary/aromatic N) is 1. The normalized spacial score (nSPS) is 27.0. The molecule has 4 rings (SSSR count). The van der Waals surface area contributed by atoms with E-state index in [0.717, 1.165) is 11.1 Å². The van der Waals surface area contributed by atoms with Gasteiger partial charge in [0, 0.05) is 24.4 Å². The van der Waals surface area contributed by atoms with Gasteiger partial charge in [0.05, 0.1) is 12.6 Å². The van der Waals surface area contributed by atoms with Crippen LogP contribution in [0.2, 0.25) is 0 Å². The molecule has 1 aromatic carbocycles. The summed E-state index contributed by atoms with van der Waals surface area (Å²) in [6.07, 6.45) is 0.0171. The minimum atomic E-state index is -0.872. The zero-order valence-corrected chi connectivity index (χ0v) is 18.0. The van der Waals surface area contributed by atoms with E-state index < -0.39 is 41.4 Å². The summed E-state index contributed by atoms with van der Waals surface area (Å²) in [5.41, 5.74) is 1.75. The molecule has 1 aromatic heterocycles. The van der Waals surface area contributed by atoms with Gasteiger partial charge in [-0.05, 0) is 51.0 Å². The van der Waals surface area contributed by atoms with Crippen LogP contribution in [0.5, 0.6) is 0 Å². The molecule has 2 N–H and O–H groups in total. The van der Waals surface area contributed by atoms with E-state index in [4.69, 9.17) is 14.2 Å². The van der Waals surface area contributed by atoms with Gasteiger partial charge in [-0.2, -0.15) is 0 Å². The van der Waals surface area contributed by atoms with Crippen molar-refractivity contribution in [3.8, 4) is 0 Å². The second-order valence-electron chi connectivity index (χ2n) is 8.53. The van der Waals surface area contributed by atoms with Crippen molar-refractivity contribution < 1.29 is 19.0 Å².